The first kappa shape index (κ1) is 23.3. The van der Waals surface area contributed by atoms with Crippen molar-refractivity contribution in [2.24, 2.45) is 0 Å². The van der Waals surface area contributed by atoms with Gasteiger partial charge in [0.15, 0.2) is 14.5 Å². The second kappa shape index (κ2) is 9.65. The van der Waals surface area contributed by atoms with Crippen LogP contribution in [0.25, 0.3) is 16.3 Å². The highest BCUT2D eigenvalue weighted by Gasteiger charge is 2.34. The smallest absolute Gasteiger partial charge is 0.270 e. The van der Waals surface area contributed by atoms with Crippen LogP contribution in [0.15, 0.2) is 74.0 Å². The van der Waals surface area contributed by atoms with Crippen molar-refractivity contribution >= 4 is 74.2 Å². The maximum atomic E-state index is 13.2. The number of rotatable bonds is 6. The normalized spacial score (nSPS) is 15.2. The van der Waals surface area contributed by atoms with Crippen molar-refractivity contribution in [2.75, 3.05) is 11.5 Å². The number of hydrogen-bond donors (Lipinski definition) is 1. The van der Waals surface area contributed by atoms with Gasteiger partial charge in [0.2, 0.25) is 0 Å². The minimum atomic E-state index is -0.564. The van der Waals surface area contributed by atoms with Crippen molar-refractivity contribution in [2.45, 2.75) is 23.3 Å². The molecule has 1 aliphatic rings. The zero-order valence-electron chi connectivity index (χ0n) is 18.7. The Bertz CT molecular complexity index is 1500. The number of hydrogen-bond acceptors (Lipinski definition) is 8. The van der Waals surface area contributed by atoms with Crippen LogP contribution in [0, 0.1) is 6.92 Å². The second-order valence-corrected chi connectivity index (χ2v) is 10.3. The van der Waals surface area contributed by atoms with E-state index in [0.29, 0.717) is 23.1 Å². The summed E-state index contributed by atoms with van der Waals surface area (Å²) in [6, 6.07) is 16.6. The first-order valence-electron chi connectivity index (χ1n) is 10.7. The van der Waals surface area contributed by atoms with Crippen molar-refractivity contribution < 1.29 is 18.7 Å². The molecular formula is C25H19N3O4S3. The second-order valence-electron chi connectivity index (χ2n) is 7.60. The lowest BCUT2D eigenvalue weighted by atomic mass is 10.1. The standard InChI is InChI=1S/C25H19N3O4S3/c1-3-31-16-7-9-19-20(13-16)34-25(26-19)35-21-10-8-17(32-21)12-18-22(29)27-24(33)28(23(18)30)15-6-4-5-14(2)11-15/h4-13H,3H2,1-2H3,(H,27,29,33)/b18-12+. The highest BCUT2D eigenvalue weighted by molar-refractivity contribution is 8.01. The summed E-state index contributed by atoms with van der Waals surface area (Å²) in [4.78, 5) is 31.7. The van der Waals surface area contributed by atoms with Gasteiger partial charge in [0.05, 0.1) is 22.5 Å². The fourth-order valence-corrected chi connectivity index (χ4v) is 5.82. The van der Waals surface area contributed by atoms with Crippen LogP contribution in [0.4, 0.5) is 5.69 Å². The Hall–Kier alpha value is -3.47. The first-order valence-corrected chi connectivity index (χ1v) is 12.7. The summed E-state index contributed by atoms with van der Waals surface area (Å²) in [5, 5.41) is 3.22. The molecular weight excluding hydrogens is 502 g/mol. The number of anilines is 1. The summed E-state index contributed by atoms with van der Waals surface area (Å²) in [5.41, 5.74) is 2.38. The Labute approximate surface area is 214 Å². The van der Waals surface area contributed by atoms with Crippen LogP contribution >= 0.6 is 35.3 Å². The molecule has 7 nitrogen and oxygen atoms in total. The number of nitrogens with zero attached hydrogens (tertiary/aromatic N) is 2. The van der Waals surface area contributed by atoms with E-state index in [9.17, 15) is 9.59 Å². The van der Waals surface area contributed by atoms with Crippen LogP contribution in [0.3, 0.4) is 0 Å². The summed E-state index contributed by atoms with van der Waals surface area (Å²) in [6.07, 6.45) is 1.43. The Morgan fingerprint density at radius 3 is 2.86 bits per heavy atom. The van der Waals surface area contributed by atoms with Gasteiger partial charge in [-0.25, -0.2) is 4.98 Å². The van der Waals surface area contributed by atoms with Crippen LogP contribution in [0.1, 0.15) is 18.2 Å². The SMILES string of the molecule is CCOc1ccc2nc(Sc3ccc(/C=C4\C(=O)NC(=S)N(c5cccc(C)c5)C4=O)o3)sc2c1. The van der Waals surface area contributed by atoms with E-state index in [1.54, 1.807) is 18.2 Å². The third-order valence-electron chi connectivity index (χ3n) is 5.09. The zero-order chi connectivity index (χ0) is 24.5. The third-order valence-corrected chi connectivity index (χ3v) is 7.37. The van der Waals surface area contributed by atoms with Crippen LogP contribution in [-0.2, 0) is 9.59 Å². The molecule has 2 aromatic heterocycles. The lowest BCUT2D eigenvalue weighted by molar-refractivity contribution is -0.122. The van der Waals surface area contributed by atoms with Crippen LogP contribution in [0.2, 0.25) is 0 Å². The first-order chi connectivity index (χ1) is 16.9. The number of ether oxygens (including phenoxy) is 1. The number of benzene rings is 2. The van der Waals surface area contributed by atoms with E-state index < -0.39 is 11.8 Å². The van der Waals surface area contributed by atoms with E-state index in [1.165, 1.54) is 34.1 Å². The largest absolute Gasteiger partial charge is 0.494 e. The van der Waals surface area contributed by atoms with E-state index >= 15 is 0 Å². The molecule has 10 heteroatoms. The molecule has 1 saturated heterocycles. The monoisotopic (exact) mass is 521 g/mol. The van der Waals surface area contributed by atoms with Gasteiger partial charge < -0.3 is 9.15 Å². The van der Waals surface area contributed by atoms with Crippen LogP contribution in [-0.4, -0.2) is 28.5 Å². The van der Waals surface area contributed by atoms with Gasteiger partial charge in [0.25, 0.3) is 11.8 Å². The number of thiazole rings is 1. The number of furan rings is 1. The highest BCUT2D eigenvalue weighted by Crippen LogP contribution is 2.37. The number of nitrogens with one attached hydrogen (secondary N) is 1. The molecule has 5 rings (SSSR count). The van der Waals surface area contributed by atoms with Gasteiger partial charge in [-0.15, -0.1) is 11.3 Å². The number of carbonyl (C=O) groups excluding carboxylic acids is 2. The molecule has 35 heavy (non-hydrogen) atoms. The Morgan fingerprint density at radius 2 is 2.06 bits per heavy atom. The van der Waals surface area contributed by atoms with E-state index in [-0.39, 0.29) is 10.7 Å². The van der Waals surface area contributed by atoms with Gasteiger partial charge in [-0.05, 0) is 91.9 Å². The predicted molar refractivity (Wildman–Crippen MR) is 141 cm³/mol. The molecule has 0 unspecified atom stereocenters. The van der Waals surface area contributed by atoms with Gasteiger partial charge >= 0.3 is 0 Å². The fraction of sp³-hybridized carbons (Fsp3) is 0.120. The van der Waals surface area contributed by atoms with Crippen molar-refractivity contribution in [3.8, 4) is 5.75 Å². The van der Waals surface area contributed by atoms with E-state index in [1.807, 2.05) is 50.2 Å². The number of carbonyl (C=O) groups is 2. The minimum Gasteiger partial charge on any atom is -0.494 e. The van der Waals surface area contributed by atoms with Crippen LogP contribution in [0.5, 0.6) is 5.75 Å². The molecule has 0 spiro atoms. The van der Waals surface area contributed by atoms with Gasteiger partial charge in [-0.3, -0.25) is 19.8 Å². The van der Waals surface area contributed by atoms with E-state index in [0.717, 1.165) is 25.9 Å². The van der Waals surface area contributed by atoms with Gasteiger partial charge in [-0.2, -0.15) is 0 Å². The average Bonchev–Trinajstić information content (AvgIpc) is 3.42. The molecule has 0 atom stereocenters. The number of aromatic nitrogens is 1. The number of thiocarbonyl (C=S) groups is 1. The molecule has 2 aromatic carbocycles. The van der Waals surface area contributed by atoms with Crippen molar-refractivity contribution in [1.29, 1.82) is 0 Å². The van der Waals surface area contributed by atoms with Crippen molar-refractivity contribution in [1.82, 2.24) is 10.3 Å². The molecule has 0 aliphatic carbocycles. The Kier molecular flexibility index (Phi) is 6.42. The highest BCUT2D eigenvalue weighted by atomic mass is 32.2. The minimum absolute atomic E-state index is 0.0433. The molecule has 2 amide bonds. The van der Waals surface area contributed by atoms with E-state index in [4.69, 9.17) is 21.4 Å². The maximum absolute atomic E-state index is 13.2. The van der Waals surface area contributed by atoms with Gasteiger partial charge in [-0.1, -0.05) is 12.1 Å². The molecule has 3 heterocycles. The number of aryl methyl sites for hydroxylation is 1. The topological polar surface area (TPSA) is 84.7 Å². The summed E-state index contributed by atoms with van der Waals surface area (Å²) < 4.78 is 13.3. The van der Waals surface area contributed by atoms with E-state index in [2.05, 4.69) is 10.3 Å². The van der Waals surface area contributed by atoms with Crippen molar-refractivity contribution in [3.05, 3.63) is 71.5 Å². The molecule has 0 saturated carbocycles. The Balaban J connectivity index is 1.37. The molecule has 1 aliphatic heterocycles. The van der Waals surface area contributed by atoms with Gasteiger partial charge in [0, 0.05) is 0 Å². The lowest BCUT2D eigenvalue weighted by Gasteiger charge is -2.28. The number of fused-ring (bicyclic) bond motifs is 1. The lowest BCUT2D eigenvalue weighted by Crippen LogP contribution is -2.54. The quantitative estimate of drug-likeness (QED) is 0.201. The summed E-state index contributed by atoms with van der Waals surface area (Å²) >= 11 is 8.16. The molecule has 0 bridgehead atoms. The fourth-order valence-electron chi connectivity index (χ4n) is 3.54. The zero-order valence-corrected chi connectivity index (χ0v) is 21.2. The van der Waals surface area contributed by atoms with Gasteiger partial charge in [0.1, 0.15) is 17.1 Å². The maximum Gasteiger partial charge on any atom is 0.270 e. The molecule has 1 fully saturated rings. The summed E-state index contributed by atoms with van der Waals surface area (Å²) in [5.74, 6) is 0.112. The molecule has 1 N–H and O–H groups in total. The van der Waals surface area contributed by atoms with Crippen molar-refractivity contribution in [3.63, 3.8) is 0 Å². The molecule has 4 aromatic rings. The Morgan fingerprint density at radius 1 is 1.20 bits per heavy atom. The third kappa shape index (κ3) is 4.86. The summed E-state index contributed by atoms with van der Waals surface area (Å²) in [7, 11) is 0. The molecule has 0 radical (unpaired) electrons. The summed E-state index contributed by atoms with van der Waals surface area (Å²) in [6.45, 7) is 4.47. The predicted octanol–water partition coefficient (Wildman–Crippen LogP) is 5.58. The molecule has 176 valence electrons. The average molecular weight is 522 g/mol. The number of amides is 2. The van der Waals surface area contributed by atoms with Crippen LogP contribution < -0.4 is 15.0 Å².